The van der Waals surface area contributed by atoms with Gasteiger partial charge in [0.25, 0.3) is 0 Å². The van der Waals surface area contributed by atoms with Crippen molar-refractivity contribution in [2.24, 2.45) is 0 Å². The van der Waals surface area contributed by atoms with E-state index in [2.05, 4.69) is 4.98 Å². The Morgan fingerprint density at radius 3 is 2.95 bits per heavy atom. The monoisotopic (exact) mass is 326 g/mol. The first-order valence-electron chi connectivity index (χ1n) is 7.28. The third kappa shape index (κ3) is 2.82. The van der Waals surface area contributed by atoms with E-state index in [4.69, 9.17) is 11.6 Å². The molecule has 1 aliphatic heterocycles. The van der Waals surface area contributed by atoms with Crippen LogP contribution in [0.5, 0.6) is 0 Å². The van der Waals surface area contributed by atoms with Gasteiger partial charge < -0.3 is 4.98 Å². The molecule has 0 radical (unpaired) electrons. The highest BCUT2D eigenvalue weighted by Crippen LogP contribution is 2.30. The van der Waals surface area contributed by atoms with Crippen molar-refractivity contribution in [3.63, 3.8) is 0 Å². The largest absolute Gasteiger partial charge is 0.358 e. The van der Waals surface area contributed by atoms with Crippen LogP contribution in [0.2, 0.25) is 5.02 Å². The lowest BCUT2D eigenvalue weighted by Crippen LogP contribution is -2.37. The van der Waals surface area contributed by atoms with Crippen molar-refractivity contribution in [1.82, 2.24) is 9.29 Å². The summed E-state index contributed by atoms with van der Waals surface area (Å²) in [4.78, 5) is 3.37. The summed E-state index contributed by atoms with van der Waals surface area (Å²) in [5.41, 5.74) is 3.21. The zero-order valence-electron chi connectivity index (χ0n) is 12.0. The van der Waals surface area contributed by atoms with Gasteiger partial charge in [-0.15, -0.1) is 0 Å². The molecule has 6 heteroatoms. The van der Waals surface area contributed by atoms with Gasteiger partial charge in [0.2, 0.25) is 10.0 Å². The number of benzene rings is 1. The van der Waals surface area contributed by atoms with Crippen LogP contribution in [0.3, 0.4) is 0 Å². The summed E-state index contributed by atoms with van der Waals surface area (Å²) in [7, 11) is -3.15. The molecule has 3 rings (SSSR count). The summed E-state index contributed by atoms with van der Waals surface area (Å²) in [5, 5.41) is 1.76. The Hall–Kier alpha value is -1.04. The molecule has 2 heterocycles. The van der Waals surface area contributed by atoms with E-state index in [1.54, 1.807) is 4.31 Å². The second-order valence-corrected chi connectivity index (χ2v) is 8.05. The van der Waals surface area contributed by atoms with E-state index < -0.39 is 10.0 Å². The minimum atomic E-state index is -3.15. The molecule has 0 saturated heterocycles. The van der Waals surface area contributed by atoms with Gasteiger partial charge in [0.1, 0.15) is 0 Å². The molecule has 0 fully saturated rings. The minimum Gasteiger partial charge on any atom is -0.358 e. The molecule has 0 unspecified atom stereocenters. The number of rotatable bonds is 4. The van der Waals surface area contributed by atoms with Gasteiger partial charge in [0.15, 0.2) is 0 Å². The highest BCUT2D eigenvalue weighted by Gasteiger charge is 2.28. The average molecular weight is 327 g/mol. The average Bonchev–Trinajstić information content (AvgIpc) is 2.81. The number of sulfonamides is 1. The van der Waals surface area contributed by atoms with E-state index in [0.717, 1.165) is 41.4 Å². The molecule has 0 aliphatic carbocycles. The zero-order chi connectivity index (χ0) is 15.0. The standard InChI is InChI=1S/C15H19ClN2O2S/c1-2-3-8-21(19,20)18-7-6-14-13(10-18)12-5-4-11(16)9-15(12)17-14/h4-5,9,17H,2-3,6-8,10H2,1H3. The van der Waals surface area contributed by atoms with Gasteiger partial charge in [-0.2, -0.15) is 4.31 Å². The number of nitrogens with one attached hydrogen (secondary N) is 1. The number of H-pyrrole nitrogens is 1. The predicted octanol–water partition coefficient (Wildman–Crippen LogP) is 3.31. The normalized spacial score (nSPS) is 16.3. The fraction of sp³-hybridized carbons (Fsp3) is 0.467. The Morgan fingerprint density at radius 2 is 2.19 bits per heavy atom. The van der Waals surface area contributed by atoms with Crippen molar-refractivity contribution < 1.29 is 8.42 Å². The molecular formula is C15H19ClN2O2S. The van der Waals surface area contributed by atoms with E-state index in [0.29, 0.717) is 18.1 Å². The van der Waals surface area contributed by atoms with E-state index >= 15 is 0 Å². The van der Waals surface area contributed by atoms with Crippen molar-refractivity contribution >= 4 is 32.5 Å². The van der Waals surface area contributed by atoms with Crippen LogP contribution in [0.1, 0.15) is 31.0 Å². The first-order chi connectivity index (χ1) is 10.0. The molecular weight excluding hydrogens is 308 g/mol. The number of aromatic nitrogens is 1. The SMILES string of the molecule is CCCCS(=O)(=O)N1CCc2[nH]c3cc(Cl)ccc3c2C1. The maximum absolute atomic E-state index is 12.4. The Balaban J connectivity index is 1.93. The quantitative estimate of drug-likeness (QED) is 0.937. The van der Waals surface area contributed by atoms with Gasteiger partial charge in [0, 0.05) is 41.1 Å². The van der Waals surface area contributed by atoms with Gasteiger partial charge in [-0.3, -0.25) is 0 Å². The fourth-order valence-electron chi connectivity index (χ4n) is 2.86. The molecule has 1 aromatic carbocycles. The van der Waals surface area contributed by atoms with Gasteiger partial charge in [-0.1, -0.05) is 31.0 Å². The lowest BCUT2D eigenvalue weighted by molar-refractivity contribution is 0.390. The van der Waals surface area contributed by atoms with Crippen LogP contribution in [-0.4, -0.2) is 30.0 Å². The number of halogens is 1. The van der Waals surface area contributed by atoms with Gasteiger partial charge in [0.05, 0.1) is 5.75 Å². The third-order valence-corrected chi connectivity index (χ3v) is 6.19. The highest BCUT2D eigenvalue weighted by atomic mass is 35.5. The second kappa shape index (κ2) is 5.63. The van der Waals surface area contributed by atoms with Crippen molar-refractivity contribution in [3.8, 4) is 0 Å². The summed E-state index contributed by atoms with van der Waals surface area (Å²) in [6.45, 7) is 3.02. The fourth-order valence-corrected chi connectivity index (χ4v) is 4.64. The van der Waals surface area contributed by atoms with Crippen molar-refractivity contribution in [1.29, 1.82) is 0 Å². The maximum Gasteiger partial charge on any atom is 0.214 e. The molecule has 0 bridgehead atoms. The summed E-state index contributed by atoms with van der Waals surface area (Å²) in [5.74, 6) is 0.243. The molecule has 21 heavy (non-hydrogen) atoms. The summed E-state index contributed by atoms with van der Waals surface area (Å²) >= 11 is 6.01. The molecule has 4 nitrogen and oxygen atoms in total. The number of nitrogens with zero attached hydrogens (tertiary/aromatic N) is 1. The summed E-state index contributed by atoms with van der Waals surface area (Å²) in [6.07, 6.45) is 2.34. The molecule has 114 valence electrons. The van der Waals surface area contributed by atoms with Gasteiger partial charge in [-0.05, 0) is 24.1 Å². The molecule has 0 saturated carbocycles. The van der Waals surface area contributed by atoms with Crippen LogP contribution in [0.15, 0.2) is 18.2 Å². The van der Waals surface area contributed by atoms with Crippen LogP contribution in [0.4, 0.5) is 0 Å². The molecule has 1 aromatic heterocycles. The molecule has 1 aliphatic rings. The smallest absolute Gasteiger partial charge is 0.214 e. The first kappa shape index (κ1) is 14.9. The van der Waals surface area contributed by atoms with Crippen LogP contribution in [0.25, 0.3) is 10.9 Å². The highest BCUT2D eigenvalue weighted by molar-refractivity contribution is 7.89. The van der Waals surface area contributed by atoms with Crippen LogP contribution in [0, 0.1) is 0 Å². The lowest BCUT2D eigenvalue weighted by Gasteiger charge is -2.26. The van der Waals surface area contributed by atoms with Crippen LogP contribution >= 0.6 is 11.6 Å². The molecule has 0 atom stereocenters. The number of aromatic amines is 1. The van der Waals surface area contributed by atoms with Crippen molar-refractivity contribution in [2.45, 2.75) is 32.7 Å². The van der Waals surface area contributed by atoms with Crippen molar-refractivity contribution in [3.05, 3.63) is 34.5 Å². The lowest BCUT2D eigenvalue weighted by atomic mass is 10.1. The first-order valence-corrected chi connectivity index (χ1v) is 9.27. The zero-order valence-corrected chi connectivity index (χ0v) is 13.6. The van der Waals surface area contributed by atoms with Crippen LogP contribution < -0.4 is 0 Å². The molecule has 1 N–H and O–H groups in total. The van der Waals surface area contributed by atoms with E-state index in [1.807, 2.05) is 25.1 Å². The molecule has 0 spiro atoms. The maximum atomic E-state index is 12.4. The van der Waals surface area contributed by atoms with Gasteiger partial charge >= 0.3 is 0 Å². The number of fused-ring (bicyclic) bond motifs is 3. The summed E-state index contributed by atoms with van der Waals surface area (Å²) < 4.78 is 26.3. The molecule has 2 aromatic rings. The predicted molar refractivity (Wildman–Crippen MR) is 86.1 cm³/mol. The summed E-state index contributed by atoms with van der Waals surface area (Å²) in [6, 6.07) is 5.71. The minimum absolute atomic E-state index is 0.243. The number of hydrogen-bond acceptors (Lipinski definition) is 2. The Kier molecular flexibility index (Phi) is 3.99. The van der Waals surface area contributed by atoms with E-state index in [1.165, 1.54) is 0 Å². The van der Waals surface area contributed by atoms with Crippen LogP contribution in [-0.2, 0) is 23.0 Å². The third-order valence-electron chi connectivity index (χ3n) is 4.05. The Morgan fingerprint density at radius 1 is 1.38 bits per heavy atom. The molecule has 0 amide bonds. The number of hydrogen-bond donors (Lipinski definition) is 1. The number of unbranched alkanes of at least 4 members (excludes halogenated alkanes) is 1. The van der Waals surface area contributed by atoms with E-state index in [9.17, 15) is 8.42 Å². The van der Waals surface area contributed by atoms with Crippen molar-refractivity contribution in [2.75, 3.05) is 12.3 Å². The Bertz CT molecular complexity index is 767. The van der Waals surface area contributed by atoms with Gasteiger partial charge in [-0.25, -0.2) is 8.42 Å². The van der Waals surface area contributed by atoms with E-state index in [-0.39, 0.29) is 5.75 Å². The second-order valence-electron chi connectivity index (χ2n) is 5.53. The Labute approximate surface area is 130 Å². The topological polar surface area (TPSA) is 53.2 Å².